The Morgan fingerprint density at radius 1 is 1.07 bits per heavy atom. The minimum Gasteiger partial charge on any atom is -0.454 e. The van der Waals surface area contributed by atoms with Gasteiger partial charge in [0.25, 0.3) is 0 Å². The number of hydrogen-bond acceptors (Lipinski definition) is 3. The molecule has 1 fully saturated rings. The highest BCUT2D eigenvalue weighted by Crippen LogP contribution is 2.19. The molecule has 1 rings (SSSR count). The van der Waals surface area contributed by atoms with Gasteiger partial charge in [-0.2, -0.15) is 0 Å². The van der Waals surface area contributed by atoms with Crippen LogP contribution < -0.4 is 5.73 Å². The summed E-state index contributed by atoms with van der Waals surface area (Å²) in [5.74, 6) is 1.69. The van der Waals surface area contributed by atoms with E-state index in [9.17, 15) is 0 Å². The van der Waals surface area contributed by atoms with E-state index >= 15 is 0 Å². The van der Waals surface area contributed by atoms with Gasteiger partial charge in [0.1, 0.15) is 0 Å². The van der Waals surface area contributed by atoms with Crippen LogP contribution in [0.15, 0.2) is 36.3 Å². The summed E-state index contributed by atoms with van der Waals surface area (Å²) in [5, 5.41) is 0. The van der Waals surface area contributed by atoms with Crippen molar-refractivity contribution >= 4 is 0 Å². The van der Waals surface area contributed by atoms with Crippen LogP contribution in [-0.2, 0) is 9.47 Å². The molecule has 0 aromatic heterocycles. The van der Waals surface area contributed by atoms with Crippen molar-refractivity contribution in [2.75, 3.05) is 13.8 Å². The van der Waals surface area contributed by atoms with Gasteiger partial charge in [0.2, 0.25) is 6.79 Å². The van der Waals surface area contributed by atoms with E-state index in [4.69, 9.17) is 9.47 Å². The fraction of sp³-hybridized carbons (Fsp3) is 0.455. The third kappa shape index (κ3) is 6.31. The van der Waals surface area contributed by atoms with Crippen LogP contribution in [0.5, 0.6) is 0 Å². The van der Waals surface area contributed by atoms with Crippen LogP contribution in [0.1, 0.15) is 20.8 Å². The molecular formula is C11H21NO2. The van der Waals surface area contributed by atoms with Crippen molar-refractivity contribution in [2.24, 2.45) is 5.73 Å². The molecule has 0 spiro atoms. The predicted octanol–water partition coefficient (Wildman–Crippen LogP) is 2.57. The molecule has 82 valence electrons. The Balaban J connectivity index is 0. The molecule has 0 aromatic rings. The zero-order chi connectivity index (χ0) is 11.4. The first kappa shape index (κ1) is 15.3. The van der Waals surface area contributed by atoms with E-state index in [0.717, 1.165) is 11.5 Å². The van der Waals surface area contributed by atoms with Gasteiger partial charge >= 0.3 is 0 Å². The fourth-order valence-corrected chi connectivity index (χ4v) is 0.750. The molecule has 0 aliphatic carbocycles. The van der Waals surface area contributed by atoms with Crippen LogP contribution in [-0.4, -0.2) is 13.8 Å². The standard InChI is InChI=1S/C7H10O2.C3H6.CH5N/c1-3-6-7(4-2)9-5-8-6;1-3-2;1-2/h3-4H,5H2,1-2H3;3H,1H2,2H3;2H2,1H3/b6-3+,7-4+;;. The SMILES string of the molecule is C/C=C1/OCO/C1=C/C.C=CC.CN. The molecule has 1 aliphatic heterocycles. The zero-order valence-electron chi connectivity index (χ0n) is 9.54. The van der Waals surface area contributed by atoms with E-state index in [1.807, 2.05) is 32.9 Å². The summed E-state index contributed by atoms with van der Waals surface area (Å²) in [4.78, 5) is 0. The van der Waals surface area contributed by atoms with Gasteiger partial charge in [-0.05, 0) is 40.0 Å². The average Bonchev–Trinajstić information content (AvgIpc) is 2.69. The van der Waals surface area contributed by atoms with Gasteiger partial charge in [0.15, 0.2) is 11.5 Å². The van der Waals surface area contributed by atoms with E-state index in [1.165, 1.54) is 7.05 Å². The molecule has 3 heteroatoms. The number of ether oxygens (including phenoxy) is 2. The van der Waals surface area contributed by atoms with Gasteiger partial charge in [0.05, 0.1) is 0 Å². The minimum atomic E-state index is 0.360. The molecule has 2 N–H and O–H groups in total. The summed E-state index contributed by atoms with van der Waals surface area (Å²) in [6, 6.07) is 0. The summed E-state index contributed by atoms with van der Waals surface area (Å²) < 4.78 is 10.2. The highest BCUT2D eigenvalue weighted by atomic mass is 16.7. The lowest BCUT2D eigenvalue weighted by Crippen LogP contribution is -1.78. The first-order valence-corrected chi connectivity index (χ1v) is 4.53. The van der Waals surface area contributed by atoms with Gasteiger partial charge in [-0.1, -0.05) is 6.08 Å². The summed E-state index contributed by atoms with van der Waals surface area (Å²) in [6.07, 6.45) is 5.53. The van der Waals surface area contributed by atoms with Crippen molar-refractivity contribution in [1.29, 1.82) is 0 Å². The Bertz CT molecular complexity index is 177. The number of nitrogens with two attached hydrogens (primary N) is 1. The van der Waals surface area contributed by atoms with E-state index in [1.54, 1.807) is 6.08 Å². The molecule has 0 amide bonds. The van der Waals surface area contributed by atoms with Crippen molar-refractivity contribution in [3.8, 4) is 0 Å². The molecule has 14 heavy (non-hydrogen) atoms. The third-order valence-electron chi connectivity index (χ3n) is 1.20. The fourth-order valence-electron chi connectivity index (χ4n) is 0.750. The molecule has 1 aliphatic rings. The highest BCUT2D eigenvalue weighted by molar-refractivity contribution is 5.20. The largest absolute Gasteiger partial charge is 0.454 e. The smallest absolute Gasteiger partial charge is 0.231 e. The molecule has 3 nitrogen and oxygen atoms in total. The number of allylic oxidation sites excluding steroid dienone is 3. The second-order valence-electron chi connectivity index (χ2n) is 2.12. The Morgan fingerprint density at radius 2 is 1.36 bits per heavy atom. The molecular weight excluding hydrogens is 178 g/mol. The first-order chi connectivity index (χ1) is 6.79. The van der Waals surface area contributed by atoms with Crippen LogP contribution in [0.3, 0.4) is 0 Å². The second kappa shape index (κ2) is 11.8. The maximum absolute atomic E-state index is 5.08. The monoisotopic (exact) mass is 199 g/mol. The van der Waals surface area contributed by atoms with E-state index in [0.29, 0.717) is 6.79 Å². The molecule has 1 saturated heterocycles. The zero-order valence-corrected chi connectivity index (χ0v) is 9.54. The van der Waals surface area contributed by atoms with Crippen LogP contribution in [0.4, 0.5) is 0 Å². The molecule has 0 radical (unpaired) electrons. The van der Waals surface area contributed by atoms with Gasteiger partial charge in [-0.3, -0.25) is 0 Å². The Morgan fingerprint density at radius 3 is 1.57 bits per heavy atom. The lowest BCUT2D eigenvalue weighted by atomic mass is 10.4. The summed E-state index contributed by atoms with van der Waals surface area (Å²) in [7, 11) is 1.50. The van der Waals surface area contributed by atoms with Crippen molar-refractivity contribution in [2.45, 2.75) is 20.8 Å². The Kier molecular flexibility index (Phi) is 12.8. The lowest BCUT2D eigenvalue weighted by Gasteiger charge is -1.90. The van der Waals surface area contributed by atoms with Crippen molar-refractivity contribution < 1.29 is 9.47 Å². The van der Waals surface area contributed by atoms with Crippen LogP contribution in [0.2, 0.25) is 0 Å². The van der Waals surface area contributed by atoms with Crippen molar-refractivity contribution in [3.05, 3.63) is 36.3 Å². The average molecular weight is 199 g/mol. The van der Waals surface area contributed by atoms with Gasteiger partial charge in [-0.25, -0.2) is 0 Å². The van der Waals surface area contributed by atoms with E-state index < -0.39 is 0 Å². The quantitative estimate of drug-likeness (QED) is 0.610. The van der Waals surface area contributed by atoms with Gasteiger partial charge in [0, 0.05) is 0 Å². The Hall–Kier alpha value is -1.22. The topological polar surface area (TPSA) is 44.5 Å². The van der Waals surface area contributed by atoms with Gasteiger partial charge < -0.3 is 15.2 Å². The molecule has 0 saturated carbocycles. The molecule has 1 heterocycles. The maximum Gasteiger partial charge on any atom is 0.231 e. The van der Waals surface area contributed by atoms with E-state index in [2.05, 4.69) is 12.3 Å². The first-order valence-electron chi connectivity index (χ1n) is 4.53. The lowest BCUT2D eigenvalue weighted by molar-refractivity contribution is 0.0975. The number of hydrogen-bond donors (Lipinski definition) is 1. The molecule has 0 aromatic carbocycles. The summed E-state index contributed by atoms with van der Waals surface area (Å²) in [5.41, 5.74) is 4.50. The molecule has 0 unspecified atom stereocenters. The van der Waals surface area contributed by atoms with E-state index in [-0.39, 0.29) is 0 Å². The van der Waals surface area contributed by atoms with Gasteiger partial charge in [-0.15, -0.1) is 6.58 Å². The summed E-state index contributed by atoms with van der Waals surface area (Å²) in [6.45, 7) is 9.46. The molecule has 0 atom stereocenters. The van der Waals surface area contributed by atoms with Crippen molar-refractivity contribution in [1.82, 2.24) is 0 Å². The summed E-state index contributed by atoms with van der Waals surface area (Å²) >= 11 is 0. The second-order valence-corrected chi connectivity index (χ2v) is 2.12. The normalized spacial score (nSPS) is 18.4. The highest BCUT2D eigenvalue weighted by Gasteiger charge is 2.12. The third-order valence-corrected chi connectivity index (χ3v) is 1.20. The number of rotatable bonds is 0. The predicted molar refractivity (Wildman–Crippen MR) is 60.5 cm³/mol. The Labute approximate surface area is 86.9 Å². The van der Waals surface area contributed by atoms with Crippen molar-refractivity contribution in [3.63, 3.8) is 0 Å². The molecule has 0 bridgehead atoms. The van der Waals surface area contributed by atoms with Crippen LogP contribution in [0.25, 0.3) is 0 Å². The van der Waals surface area contributed by atoms with Crippen LogP contribution in [0, 0.1) is 0 Å². The minimum absolute atomic E-state index is 0.360. The van der Waals surface area contributed by atoms with Crippen LogP contribution >= 0.6 is 0 Å². The maximum atomic E-state index is 5.08.